The Bertz CT molecular complexity index is 424. The summed E-state index contributed by atoms with van der Waals surface area (Å²) in [6, 6.07) is 0. The van der Waals surface area contributed by atoms with Gasteiger partial charge in [0.15, 0.2) is 6.79 Å². The zero-order valence-electron chi connectivity index (χ0n) is 14.9. The number of carbonyl (C=O) groups excluding carboxylic acids is 1. The quantitative estimate of drug-likeness (QED) is 0.404. The molecule has 0 amide bonds. The van der Waals surface area contributed by atoms with Gasteiger partial charge in [0.2, 0.25) is 0 Å². The summed E-state index contributed by atoms with van der Waals surface area (Å²) in [6.07, 6.45) is 8.20. The van der Waals surface area contributed by atoms with E-state index in [9.17, 15) is 4.79 Å². The van der Waals surface area contributed by atoms with Crippen molar-refractivity contribution in [3.63, 3.8) is 0 Å². The Hall–Kier alpha value is -0.610. The second-order valence-electron chi connectivity index (χ2n) is 8.12. The van der Waals surface area contributed by atoms with E-state index >= 15 is 0 Å². The summed E-state index contributed by atoms with van der Waals surface area (Å²) in [5, 5.41) is 0. The predicted octanol–water partition coefficient (Wildman–Crippen LogP) is 3.92. The van der Waals surface area contributed by atoms with Crippen LogP contribution in [0.15, 0.2) is 0 Å². The van der Waals surface area contributed by atoms with Gasteiger partial charge in [-0.3, -0.25) is 4.79 Å². The van der Waals surface area contributed by atoms with Gasteiger partial charge in [0.05, 0.1) is 24.7 Å². The third kappa shape index (κ3) is 3.58. The third-order valence-electron chi connectivity index (χ3n) is 6.49. The molecule has 1 heterocycles. The molecule has 3 fully saturated rings. The highest BCUT2D eigenvalue weighted by Gasteiger charge is 2.48. The van der Waals surface area contributed by atoms with Crippen LogP contribution in [-0.2, 0) is 19.0 Å². The molecule has 3 aliphatic rings. The minimum atomic E-state index is -0.147. The van der Waals surface area contributed by atoms with Crippen LogP contribution in [0.2, 0.25) is 0 Å². The van der Waals surface area contributed by atoms with Crippen molar-refractivity contribution < 1.29 is 19.0 Å². The second kappa shape index (κ2) is 7.10. The standard InChI is InChI=1S/C19H32O4/c1-4-15-9-16(17(5-2)23-15)18(20)22-12-21-11-19(3)10-13-6-7-14(19)8-13/h13-17H,4-12H2,1-3H3. The van der Waals surface area contributed by atoms with Crippen molar-refractivity contribution in [3.8, 4) is 0 Å². The number of ether oxygens (including phenoxy) is 3. The molecule has 2 aliphatic carbocycles. The Morgan fingerprint density at radius 2 is 2.04 bits per heavy atom. The van der Waals surface area contributed by atoms with Gasteiger partial charge < -0.3 is 14.2 Å². The van der Waals surface area contributed by atoms with E-state index in [0.717, 1.165) is 37.7 Å². The van der Waals surface area contributed by atoms with E-state index < -0.39 is 0 Å². The summed E-state index contributed by atoms with van der Waals surface area (Å²) >= 11 is 0. The fourth-order valence-electron chi connectivity index (χ4n) is 5.10. The van der Waals surface area contributed by atoms with E-state index in [0.29, 0.717) is 5.41 Å². The molecule has 0 aromatic heterocycles. The van der Waals surface area contributed by atoms with Crippen molar-refractivity contribution in [2.24, 2.45) is 23.2 Å². The topological polar surface area (TPSA) is 44.8 Å². The summed E-state index contributed by atoms with van der Waals surface area (Å²) in [6.45, 7) is 7.31. The number of fused-ring (bicyclic) bond motifs is 2. The van der Waals surface area contributed by atoms with Gasteiger partial charge >= 0.3 is 5.97 Å². The average molecular weight is 324 g/mol. The number of carbonyl (C=O) groups is 1. The number of hydrogen-bond donors (Lipinski definition) is 0. The second-order valence-corrected chi connectivity index (χ2v) is 8.12. The fourth-order valence-corrected chi connectivity index (χ4v) is 5.10. The first-order chi connectivity index (χ1) is 11.1. The lowest BCUT2D eigenvalue weighted by Gasteiger charge is -2.33. The normalized spacial score (nSPS) is 42.3. The van der Waals surface area contributed by atoms with Crippen molar-refractivity contribution in [1.82, 2.24) is 0 Å². The van der Waals surface area contributed by atoms with Crippen molar-refractivity contribution in [2.45, 2.75) is 77.9 Å². The van der Waals surface area contributed by atoms with Crippen LogP contribution in [0.4, 0.5) is 0 Å². The van der Waals surface area contributed by atoms with Gasteiger partial charge in [-0.2, -0.15) is 0 Å². The van der Waals surface area contributed by atoms with Crippen LogP contribution in [-0.4, -0.2) is 31.6 Å². The molecule has 2 saturated carbocycles. The number of hydrogen-bond acceptors (Lipinski definition) is 4. The van der Waals surface area contributed by atoms with Gasteiger partial charge in [-0.15, -0.1) is 0 Å². The van der Waals surface area contributed by atoms with Crippen molar-refractivity contribution >= 4 is 5.97 Å². The minimum Gasteiger partial charge on any atom is -0.438 e. The molecule has 0 aromatic carbocycles. The SMILES string of the molecule is CCC1CC(C(=O)OCOCC2(C)CC3CCC2C3)C(CC)O1. The summed E-state index contributed by atoms with van der Waals surface area (Å²) in [7, 11) is 0. The van der Waals surface area contributed by atoms with Crippen molar-refractivity contribution in [3.05, 3.63) is 0 Å². The third-order valence-corrected chi connectivity index (χ3v) is 6.49. The Morgan fingerprint density at radius 1 is 1.22 bits per heavy atom. The lowest BCUT2D eigenvalue weighted by atomic mass is 9.75. The molecule has 6 atom stereocenters. The van der Waals surface area contributed by atoms with Gasteiger partial charge in [-0.05, 0) is 55.8 Å². The first-order valence-electron chi connectivity index (χ1n) is 9.45. The highest BCUT2D eigenvalue weighted by Crippen LogP contribution is 2.55. The van der Waals surface area contributed by atoms with Crippen LogP contribution in [0.5, 0.6) is 0 Å². The van der Waals surface area contributed by atoms with E-state index in [-0.39, 0.29) is 30.9 Å². The first kappa shape index (κ1) is 17.2. The molecule has 0 spiro atoms. The Morgan fingerprint density at radius 3 is 2.65 bits per heavy atom. The van der Waals surface area contributed by atoms with Gasteiger partial charge in [0.1, 0.15) is 0 Å². The lowest BCUT2D eigenvalue weighted by Crippen LogP contribution is -2.31. The lowest BCUT2D eigenvalue weighted by molar-refractivity contribution is -0.166. The molecule has 1 aliphatic heterocycles. The molecule has 4 heteroatoms. The number of esters is 1. The zero-order chi connectivity index (χ0) is 16.4. The molecule has 6 unspecified atom stereocenters. The van der Waals surface area contributed by atoms with Crippen LogP contribution < -0.4 is 0 Å². The van der Waals surface area contributed by atoms with Crippen LogP contribution in [0.1, 0.15) is 65.7 Å². The van der Waals surface area contributed by atoms with E-state index in [4.69, 9.17) is 14.2 Å². The summed E-state index contributed by atoms with van der Waals surface area (Å²) in [5.41, 5.74) is 0.297. The molecule has 132 valence electrons. The molecule has 3 rings (SSSR count). The highest BCUT2D eigenvalue weighted by molar-refractivity contribution is 5.73. The maximum Gasteiger partial charge on any atom is 0.313 e. The largest absolute Gasteiger partial charge is 0.438 e. The van der Waals surface area contributed by atoms with Crippen molar-refractivity contribution in [2.75, 3.05) is 13.4 Å². The Labute approximate surface area is 140 Å². The summed E-state index contributed by atoms with van der Waals surface area (Å²) in [4.78, 5) is 12.3. The van der Waals surface area contributed by atoms with Crippen molar-refractivity contribution in [1.29, 1.82) is 0 Å². The summed E-state index contributed by atoms with van der Waals surface area (Å²) in [5.74, 6) is 1.45. The molecular formula is C19H32O4. The van der Waals surface area contributed by atoms with Gasteiger partial charge in [0, 0.05) is 0 Å². The monoisotopic (exact) mass is 324 g/mol. The van der Waals surface area contributed by atoms with Crippen LogP contribution in [0, 0.1) is 23.2 Å². The van der Waals surface area contributed by atoms with E-state index in [2.05, 4.69) is 20.8 Å². The van der Waals surface area contributed by atoms with Crippen LogP contribution in [0.3, 0.4) is 0 Å². The smallest absolute Gasteiger partial charge is 0.313 e. The maximum atomic E-state index is 12.3. The van der Waals surface area contributed by atoms with Gasteiger partial charge in [-0.25, -0.2) is 0 Å². The molecular weight excluding hydrogens is 292 g/mol. The van der Waals surface area contributed by atoms with E-state index in [1.54, 1.807) is 0 Å². The molecule has 2 bridgehead atoms. The van der Waals surface area contributed by atoms with E-state index in [1.807, 2.05) is 0 Å². The highest BCUT2D eigenvalue weighted by atomic mass is 16.7. The predicted molar refractivity (Wildman–Crippen MR) is 87.8 cm³/mol. The van der Waals surface area contributed by atoms with E-state index in [1.165, 1.54) is 25.7 Å². The maximum absolute atomic E-state index is 12.3. The first-order valence-corrected chi connectivity index (χ1v) is 9.45. The van der Waals surface area contributed by atoms with Gasteiger partial charge in [0.25, 0.3) is 0 Å². The van der Waals surface area contributed by atoms with Crippen LogP contribution in [0.25, 0.3) is 0 Å². The molecule has 0 N–H and O–H groups in total. The Balaban J connectivity index is 1.39. The average Bonchev–Trinajstić information content (AvgIpc) is 3.24. The number of rotatable bonds is 7. The molecule has 0 aromatic rings. The molecule has 23 heavy (non-hydrogen) atoms. The van der Waals surface area contributed by atoms with Gasteiger partial charge in [-0.1, -0.05) is 27.2 Å². The summed E-state index contributed by atoms with van der Waals surface area (Å²) < 4.78 is 17.0. The molecule has 4 nitrogen and oxygen atoms in total. The Kier molecular flexibility index (Phi) is 5.32. The minimum absolute atomic E-state index is 0.00975. The van der Waals surface area contributed by atoms with Crippen LogP contribution >= 0.6 is 0 Å². The fraction of sp³-hybridized carbons (Fsp3) is 0.947. The zero-order valence-corrected chi connectivity index (χ0v) is 14.9. The molecule has 0 radical (unpaired) electrons. The molecule has 1 saturated heterocycles.